The fourth-order valence-electron chi connectivity index (χ4n) is 3.53. The third kappa shape index (κ3) is 4.38. The second-order valence-electron chi connectivity index (χ2n) is 6.87. The lowest BCUT2D eigenvalue weighted by atomic mass is 9.97. The Balaban J connectivity index is 1.74. The van der Waals surface area contributed by atoms with Gasteiger partial charge in [0.2, 0.25) is 5.88 Å². The van der Waals surface area contributed by atoms with Gasteiger partial charge in [-0.15, -0.1) is 0 Å². The van der Waals surface area contributed by atoms with Gasteiger partial charge < -0.3 is 9.64 Å². The van der Waals surface area contributed by atoms with Gasteiger partial charge in [-0.2, -0.15) is 0 Å². The Labute approximate surface area is 150 Å². The van der Waals surface area contributed by atoms with Crippen molar-refractivity contribution in [3.8, 4) is 5.88 Å². The van der Waals surface area contributed by atoms with Crippen LogP contribution in [-0.4, -0.2) is 28.5 Å². The van der Waals surface area contributed by atoms with Crippen molar-refractivity contribution in [2.45, 2.75) is 46.1 Å². The molecule has 0 amide bonds. The summed E-state index contributed by atoms with van der Waals surface area (Å²) in [5.41, 5.74) is 6.26. The number of hydrogen-bond donors (Lipinski definition) is 0. The molecule has 0 bridgehead atoms. The van der Waals surface area contributed by atoms with E-state index >= 15 is 0 Å². The van der Waals surface area contributed by atoms with E-state index in [4.69, 9.17) is 4.74 Å². The predicted molar refractivity (Wildman–Crippen MR) is 101 cm³/mol. The van der Waals surface area contributed by atoms with E-state index in [9.17, 15) is 0 Å². The molecule has 1 aliphatic heterocycles. The van der Waals surface area contributed by atoms with Gasteiger partial charge in [-0.25, -0.2) is 4.98 Å². The minimum Gasteiger partial charge on any atom is -0.481 e. The maximum absolute atomic E-state index is 5.16. The van der Waals surface area contributed by atoms with Crippen molar-refractivity contribution >= 4 is 0 Å². The minimum atomic E-state index is 0.314. The summed E-state index contributed by atoms with van der Waals surface area (Å²) in [5.74, 6) is 0.661. The average molecular weight is 337 g/mol. The Bertz CT molecular complexity index is 732. The first-order valence-corrected chi connectivity index (χ1v) is 8.94. The Hall–Kier alpha value is -2.36. The molecule has 132 valence electrons. The molecular formula is C21H27N3O. The highest BCUT2D eigenvalue weighted by atomic mass is 16.5. The van der Waals surface area contributed by atoms with Gasteiger partial charge in [0.05, 0.1) is 13.2 Å². The summed E-state index contributed by atoms with van der Waals surface area (Å²) < 4.78 is 5.16. The van der Waals surface area contributed by atoms with E-state index in [0.29, 0.717) is 11.9 Å². The van der Waals surface area contributed by atoms with Crippen molar-refractivity contribution in [2.75, 3.05) is 13.7 Å². The average Bonchev–Trinajstić information content (AvgIpc) is 2.60. The largest absolute Gasteiger partial charge is 0.481 e. The van der Waals surface area contributed by atoms with Crippen LogP contribution in [-0.2, 0) is 6.42 Å². The van der Waals surface area contributed by atoms with Crippen molar-refractivity contribution in [2.24, 2.45) is 0 Å². The monoisotopic (exact) mass is 337 g/mol. The predicted octanol–water partition coefficient (Wildman–Crippen LogP) is 4.39. The van der Waals surface area contributed by atoms with Crippen LogP contribution in [0.1, 0.15) is 48.3 Å². The van der Waals surface area contributed by atoms with E-state index in [1.54, 1.807) is 7.11 Å². The molecule has 3 rings (SSSR count). The van der Waals surface area contributed by atoms with Crippen LogP contribution in [0.4, 0.5) is 0 Å². The zero-order valence-corrected chi connectivity index (χ0v) is 15.6. The van der Waals surface area contributed by atoms with E-state index in [-0.39, 0.29) is 0 Å². The fourth-order valence-corrected chi connectivity index (χ4v) is 3.53. The number of allylic oxidation sites excluding steroid dienone is 1. The summed E-state index contributed by atoms with van der Waals surface area (Å²) in [4.78, 5) is 11.3. The Kier molecular flexibility index (Phi) is 5.37. The van der Waals surface area contributed by atoms with E-state index in [1.165, 1.54) is 29.5 Å². The standard InChI is InChI=1S/C21H27N3O/c1-15-10-19(11-16(2)23-15)12-18-6-5-9-24(14-18)17(3)20-7-8-21(25-4)22-13-20/h7-8,10-11,13-14,17H,5-6,9,12H2,1-4H3. The third-order valence-corrected chi connectivity index (χ3v) is 4.78. The number of ether oxygens (including phenoxy) is 1. The molecule has 2 aromatic rings. The van der Waals surface area contributed by atoms with Crippen molar-refractivity contribution in [3.05, 3.63) is 64.8 Å². The Morgan fingerprint density at radius 1 is 1.20 bits per heavy atom. The molecule has 0 radical (unpaired) electrons. The van der Waals surface area contributed by atoms with Crippen LogP contribution in [0.3, 0.4) is 0 Å². The molecule has 3 heterocycles. The number of hydrogen-bond acceptors (Lipinski definition) is 4. The molecule has 0 aromatic carbocycles. The van der Waals surface area contributed by atoms with Gasteiger partial charge in [0.15, 0.2) is 0 Å². The van der Waals surface area contributed by atoms with Crippen LogP contribution < -0.4 is 4.74 Å². The zero-order valence-electron chi connectivity index (χ0n) is 15.6. The molecular weight excluding hydrogens is 310 g/mol. The Morgan fingerprint density at radius 2 is 1.96 bits per heavy atom. The number of pyridine rings is 2. The van der Waals surface area contributed by atoms with Crippen molar-refractivity contribution in [1.29, 1.82) is 0 Å². The molecule has 25 heavy (non-hydrogen) atoms. The van der Waals surface area contributed by atoms with Crippen LogP contribution in [0.15, 0.2) is 42.2 Å². The molecule has 0 N–H and O–H groups in total. The van der Waals surface area contributed by atoms with E-state index in [1.807, 2.05) is 12.3 Å². The summed E-state index contributed by atoms with van der Waals surface area (Å²) in [7, 11) is 1.65. The van der Waals surface area contributed by atoms with Gasteiger partial charge >= 0.3 is 0 Å². The molecule has 0 fully saturated rings. The maximum atomic E-state index is 5.16. The van der Waals surface area contributed by atoms with E-state index in [2.05, 4.69) is 60.0 Å². The summed E-state index contributed by atoms with van der Waals surface area (Å²) in [6, 6.07) is 8.75. The van der Waals surface area contributed by atoms with Crippen molar-refractivity contribution < 1.29 is 4.74 Å². The fraction of sp³-hybridized carbons (Fsp3) is 0.429. The lowest BCUT2D eigenvalue weighted by Gasteiger charge is -2.32. The first-order chi connectivity index (χ1) is 12.0. The third-order valence-electron chi connectivity index (χ3n) is 4.78. The second-order valence-corrected chi connectivity index (χ2v) is 6.87. The van der Waals surface area contributed by atoms with Crippen LogP contribution >= 0.6 is 0 Å². The SMILES string of the molecule is COc1ccc(C(C)N2C=C(Cc3cc(C)nc(C)c3)CCC2)cn1. The van der Waals surface area contributed by atoms with Gasteiger partial charge in [0.1, 0.15) is 0 Å². The van der Waals surface area contributed by atoms with Gasteiger partial charge in [-0.1, -0.05) is 6.07 Å². The van der Waals surface area contributed by atoms with E-state index < -0.39 is 0 Å². The van der Waals surface area contributed by atoms with Gasteiger partial charge in [0, 0.05) is 30.2 Å². The molecule has 0 saturated heterocycles. The number of nitrogens with zero attached hydrogens (tertiary/aromatic N) is 3. The quantitative estimate of drug-likeness (QED) is 0.811. The molecule has 0 aliphatic carbocycles. The highest BCUT2D eigenvalue weighted by Gasteiger charge is 2.18. The molecule has 1 aliphatic rings. The molecule has 4 heteroatoms. The van der Waals surface area contributed by atoms with Crippen LogP contribution in [0.2, 0.25) is 0 Å². The number of aryl methyl sites for hydroxylation is 2. The first kappa shape index (κ1) is 17.5. The Morgan fingerprint density at radius 3 is 2.60 bits per heavy atom. The zero-order chi connectivity index (χ0) is 17.8. The van der Waals surface area contributed by atoms with Gasteiger partial charge in [-0.3, -0.25) is 4.98 Å². The summed E-state index contributed by atoms with van der Waals surface area (Å²) in [6.45, 7) is 7.46. The molecule has 0 spiro atoms. The number of methoxy groups -OCH3 is 1. The summed E-state index contributed by atoms with van der Waals surface area (Å²) >= 11 is 0. The maximum Gasteiger partial charge on any atom is 0.212 e. The second kappa shape index (κ2) is 7.68. The minimum absolute atomic E-state index is 0.314. The highest BCUT2D eigenvalue weighted by Crippen LogP contribution is 2.27. The number of aromatic nitrogens is 2. The first-order valence-electron chi connectivity index (χ1n) is 8.94. The molecule has 1 atom stereocenters. The molecule has 1 unspecified atom stereocenters. The van der Waals surface area contributed by atoms with E-state index in [0.717, 1.165) is 24.4 Å². The normalized spacial score (nSPS) is 15.7. The van der Waals surface area contributed by atoms with Crippen molar-refractivity contribution in [3.63, 3.8) is 0 Å². The summed E-state index contributed by atoms with van der Waals surface area (Å²) in [5, 5.41) is 0. The summed E-state index contributed by atoms with van der Waals surface area (Å²) in [6.07, 6.45) is 7.65. The smallest absolute Gasteiger partial charge is 0.212 e. The van der Waals surface area contributed by atoms with Crippen LogP contribution in [0, 0.1) is 13.8 Å². The molecule has 4 nitrogen and oxygen atoms in total. The van der Waals surface area contributed by atoms with Crippen LogP contribution in [0.25, 0.3) is 0 Å². The van der Waals surface area contributed by atoms with Crippen LogP contribution in [0.5, 0.6) is 5.88 Å². The van der Waals surface area contributed by atoms with Crippen molar-refractivity contribution in [1.82, 2.24) is 14.9 Å². The number of rotatable bonds is 5. The van der Waals surface area contributed by atoms with Gasteiger partial charge in [-0.05, 0) is 75.1 Å². The lowest BCUT2D eigenvalue weighted by Crippen LogP contribution is -2.26. The lowest BCUT2D eigenvalue weighted by molar-refractivity contribution is 0.276. The molecule has 2 aromatic heterocycles. The van der Waals surface area contributed by atoms with Gasteiger partial charge in [0.25, 0.3) is 0 Å². The highest BCUT2D eigenvalue weighted by molar-refractivity contribution is 5.27. The molecule has 0 saturated carbocycles. The topological polar surface area (TPSA) is 38.2 Å².